The van der Waals surface area contributed by atoms with Crippen LogP contribution in [-0.4, -0.2) is 44.1 Å². The molecule has 1 aliphatic heterocycles. The minimum Gasteiger partial charge on any atom is -0.476 e. The number of pyridine rings is 1. The third-order valence-corrected chi connectivity index (χ3v) is 8.93. The second kappa shape index (κ2) is 8.02. The molecule has 0 radical (unpaired) electrons. The highest BCUT2D eigenvalue weighted by Crippen LogP contribution is 2.58. The summed E-state index contributed by atoms with van der Waals surface area (Å²) in [4.78, 5) is 29.3. The summed E-state index contributed by atoms with van der Waals surface area (Å²) < 4.78 is 24.5. The SMILES string of the molecule is CC(=O)NCC1COc2c(S(N)(=O)=NC(=O)Nc3c4c(nc5c3CCC53CC3)CCC4)cnn2C1. The molecule has 11 nitrogen and oxygen atoms in total. The molecule has 12 heteroatoms. The van der Waals surface area contributed by atoms with Crippen LogP contribution in [0.3, 0.4) is 0 Å². The fraction of sp³-hybridized carbons (Fsp3) is 0.565. The van der Waals surface area contributed by atoms with Gasteiger partial charge in [0.15, 0.2) is 9.92 Å². The van der Waals surface area contributed by atoms with Crippen LogP contribution in [0.25, 0.3) is 0 Å². The van der Waals surface area contributed by atoms with Gasteiger partial charge in [-0.25, -0.2) is 18.8 Å². The summed E-state index contributed by atoms with van der Waals surface area (Å²) in [5.74, 6) is 0.137. The lowest BCUT2D eigenvalue weighted by Crippen LogP contribution is -2.36. The van der Waals surface area contributed by atoms with Crippen molar-refractivity contribution in [2.45, 2.75) is 68.7 Å². The molecule has 35 heavy (non-hydrogen) atoms. The van der Waals surface area contributed by atoms with Gasteiger partial charge < -0.3 is 15.4 Å². The summed E-state index contributed by atoms with van der Waals surface area (Å²) in [6, 6.07) is -0.740. The second-order valence-corrected chi connectivity index (χ2v) is 11.8. The Morgan fingerprint density at radius 1 is 1.29 bits per heavy atom. The normalized spacial score (nSPS) is 22.4. The Kier molecular flexibility index (Phi) is 5.15. The fourth-order valence-electron chi connectivity index (χ4n) is 5.62. The van der Waals surface area contributed by atoms with E-state index in [-0.39, 0.29) is 28.0 Å². The number of ether oxygens (including phenoxy) is 1. The number of amides is 3. The molecule has 3 heterocycles. The van der Waals surface area contributed by atoms with Crippen molar-refractivity contribution in [2.75, 3.05) is 18.5 Å². The van der Waals surface area contributed by atoms with Gasteiger partial charge in [-0.05, 0) is 56.1 Å². The van der Waals surface area contributed by atoms with Crippen LogP contribution < -0.4 is 20.5 Å². The zero-order chi connectivity index (χ0) is 24.4. The van der Waals surface area contributed by atoms with Crippen LogP contribution >= 0.6 is 0 Å². The van der Waals surface area contributed by atoms with Gasteiger partial charge in [0.2, 0.25) is 11.8 Å². The Hall–Kier alpha value is -2.99. The molecule has 4 N–H and O–H groups in total. The summed E-state index contributed by atoms with van der Waals surface area (Å²) in [7, 11) is -3.59. The minimum absolute atomic E-state index is 0.0128. The molecule has 2 aromatic heterocycles. The molecule has 2 unspecified atom stereocenters. The van der Waals surface area contributed by atoms with Gasteiger partial charge in [-0.1, -0.05) is 0 Å². The Morgan fingerprint density at radius 2 is 2.11 bits per heavy atom. The maximum Gasteiger partial charge on any atom is 0.354 e. The number of aromatic nitrogens is 3. The number of fused-ring (bicyclic) bond motifs is 4. The number of hydrogen-bond acceptors (Lipinski definition) is 6. The number of nitrogens with zero attached hydrogens (tertiary/aromatic N) is 4. The van der Waals surface area contributed by atoms with E-state index >= 15 is 0 Å². The smallest absolute Gasteiger partial charge is 0.354 e. The highest BCUT2D eigenvalue weighted by atomic mass is 32.2. The molecular formula is C23H29N7O4S. The van der Waals surface area contributed by atoms with Crippen molar-refractivity contribution in [1.82, 2.24) is 20.1 Å². The standard InChI is InChI=1S/C23H29N7O4S/c1-13(31)25-9-14-11-30-21(34-12-14)18(10-26-30)35(24,33)29-22(32)28-19-15-3-2-4-17(15)27-20-16(19)5-6-23(20)7-8-23/h10,14H,2-9,11-12H2,1H3,(H,25,31)(H3,24,27,28,29,32,33). The third kappa shape index (κ3) is 3.88. The van der Waals surface area contributed by atoms with Crippen LogP contribution in [-0.2, 0) is 45.9 Å². The van der Waals surface area contributed by atoms with Gasteiger partial charge in [-0.15, -0.1) is 4.36 Å². The highest BCUT2D eigenvalue weighted by molar-refractivity contribution is 7.91. The van der Waals surface area contributed by atoms with Crippen LogP contribution in [0.2, 0.25) is 0 Å². The largest absolute Gasteiger partial charge is 0.476 e. The van der Waals surface area contributed by atoms with Crippen LogP contribution in [0.5, 0.6) is 5.88 Å². The molecule has 186 valence electrons. The van der Waals surface area contributed by atoms with Crippen LogP contribution in [0.4, 0.5) is 10.5 Å². The van der Waals surface area contributed by atoms with E-state index in [2.05, 4.69) is 20.1 Å². The predicted octanol–water partition coefficient (Wildman–Crippen LogP) is 1.82. The first-order valence-corrected chi connectivity index (χ1v) is 13.7. The zero-order valence-electron chi connectivity index (χ0n) is 19.6. The van der Waals surface area contributed by atoms with E-state index < -0.39 is 15.9 Å². The van der Waals surface area contributed by atoms with Crippen LogP contribution in [0.1, 0.15) is 55.1 Å². The predicted molar refractivity (Wildman–Crippen MR) is 127 cm³/mol. The van der Waals surface area contributed by atoms with Crippen molar-refractivity contribution in [3.05, 3.63) is 28.7 Å². The van der Waals surface area contributed by atoms with Gasteiger partial charge in [-0.2, -0.15) is 5.10 Å². The van der Waals surface area contributed by atoms with Crippen molar-refractivity contribution in [3.8, 4) is 5.88 Å². The molecule has 3 aliphatic carbocycles. The number of carbonyl (C=O) groups excluding carboxylic acids is 2. The van der Waals surface area contributed by atoms with Crippen LogP contribution in [0.15, 0.2) is 15.5 Å². The summed E-state index contributed by atoms with van der Waals surface area (Å²) >= 11 is 0. The van der Waals surface area contributed by atoms with E-state index in [0.29, 0.717) is 19.7 Å². The number of anilines is 1. The molecule has 0 bridgehead atoms. The number of nitrogens with two attached hydrogens (primary N) is 1. The number of nitrogens with one attached hydrogen (secondary N) is 2. The maximum atomic E-state index is 13.3. The molecule has 2 aromatic rings. The number of hydrogen-bond donors (Lipinski definition) is 3. The lowest BCUT2D eigenvalue weighted by Gasteiger charge is -2.24. The zero-order valence-corrected chi connectivity index (χ0v) is 20.4. The third-order valence-electron chi connectivity index (χ3n) is 7.59. The van der Waals surface area contributed by atoms with Crippen molar-refractivity contribution in [3.63, 3.8) is 0 Å². The van der Waals surface area contributed by atoms with E-state index in [9.17, 15) is 13.8 Å². The molecule has 1 fully saturated rings. The lowest BCUT2D eigenvalue weighted by molar-refractivity contribution is -0.119. The van der Waals surface area contributed by atoms with Gasteiger partial charge in [0.1, 0.15) is 4.90 Å². The first-order valence-electron chi connectivity index (χ1n) is 12.1. The highest BCUT2D eigenvalue weighted by Gasteiger charge is 2.51. The fourth-order valence-corrected chi connectivity index (χ4v) is 6.62. The lowest BCUT2D eigenvalue weighted by atomic mass is 10.0. The summed E-state index contributed by atoms with van der Waals surface area (Å²) in [5.41, 5.74) is 5.36. The van der Waals surface area contributed by atoms with Crippen molar-refractivity contribution < 1.29 is 18.5 Å². The van der Waals surface area contributed by atoms with Gasteiger partial charge in [0.25, 0.3) is 0 Å². The number of urea groups is 1. The molecule has 2 atom stereocenters. The molecule has 0 aromatic carbocycles. The molecule has 1 saturated carbocycles. The van der Waals surface area contributed by atoms with Gasteiger partial charge in [0.05, 0.1) is 30.7 Å². The molecular weight excluding hydrogens is 470 g/mol. The average molecular weight is 500 g/mol. The molecule has 3 amide bonds. The number of rotatable bonds is 4. The first-order chi connectivity index (χ1) is 16.8. The molecule has 1 spiro atoms. The van der Waals surface area contributed by atoms with E-state index in [1.807, 2.05) is 0 Å². The molecule has 6 rings (SSSR count). The topological polar surface area (TPSA) is 154 Å². The monoisotopic (exact) mass is 499 g/mol. The number of carbonyl (C=O) groups is 2. The van der Waals surface area contributed by atoms with E-state index in [4.69, 9.17) is 14.9 Å². The van der Waals surface area contributed by atoms with Crippen molar-refractivity contribution >= 4 is 27.5 Å². The van der Waals surface area contributed by atoms with Crippen molar-refractivity contribution in [2.24, 2.45) is 15.4 Å². The summed E-state index contributed by atoms with van der Waals surface area (Å²) in [5, 5.41) is 16.0. The second-order valence-electron chi connectivity index (χ2n) is 10.1. The summed E-state index contributed by atoms with van der Waals surface area (Å²) in [6.45, 7) is 2.67. The quantitative estimate of drug-likeness (QED) is 0.583. The molecule has 0 saturated heterocycles. The van der Waals surface area contributed by atoms with Gasteiger partial charge in [-0.3, -0.25) is 9.78 Å². The summed E-state index contributed by atoms with van der Waals surface area (Å²) in [6.07, 6.45) is 8.37. The Balaban J connectivity index is 1.26. The Morgan fingerprint density at radius 3 is 2.89 bits per heavy atom. The minimum atomic E-state index is -3.59. The van der Waals surface area contributed by atoms with Crippen LogP contribution in [0, 0.1) is 5.92 Å². The number of aryl methyl sites for hydroxylation is 1. The van der Waals surface area contributed by atoms with Gasteiger partial charge in [0, 0.05) is 30.5 Å². The molecule has 4 aliphatic rings. The van der Waals surface area contributed by atoms with Gasteiger partial charge >= 0.3 is 6.03 Å². The van der Waals surface area contributed by atoms with E-state index in [1.54, 1.807) is 4.68 Å². The van der Waals surface area contributed by atoms with E-state index in [1.165, 1.54) is 13.1 Å². The Bertz CT molecular complexity index is 1370. The Labute approximate surface area is 203 Å². The average Bonchev–Trinajstić information content (AvgIpc) is 3.12. The van der Waals surface area contributed by atoms with E-state index in [0.717, 1.165) is 73.1 Å². The maximum absolute atomic E-state index is 13.3. The van der Waals surface area contributed by atoms with Crippen molar-refractivity contribution in [1.29, 1.82) is 0 Å². The first kappa shape index (κ1) is 22.5.